The highest BCUT2D eigenvalue weighted by molar-refractivity contribution is 5.97. The summed E-state index contributed by atoms with van der Waals surface area (Å²) in [6.45, 7) is 6.68. The number of hydrogen-bond acceptors (Lipinski definition) is 4. The van der Waals surface area contributed by atoms with Crippen molar-refractivity contribution in [3.8, 4) is 6.07 Å². The summed E-state index contributed by atoms with van der Waals surface area (Å²) in [5, 5.41) is 14.8. The van der Waals surface area contributed by atoms with Gasteiger partial charge in [-0.25, -0.2) is 0 Å². The molecule has 2 N–H and O–H groups in total. The summed E-state index contributed by atoms with van der Waals surface area (Å²) in [7, 11) is 0. The zero-order chi connectivity index (χ0) is 17.6. The van der Waals surface area contributed by atoms with Gasteiger partial charge in [0.1, 0.15) is 17.4 Å². The number of anilines is 1. The van der Waals surface area contributed by atoms with Crippen LogP contribution in [0.3, 0.4) is 0 Å². The van der Waals surface area contributed by atoms with Crippen molar-refractivity contribution in [2.45, 2.75) is 32.7 Å². The van der Waals surface area contributed by atoms with Gasteiger partial charge in [-0.2, -0.15) is 5.26 Å². The maximum Gasteiger partial charge on any atom is 0.263 e. The molecular weight excluding hydrogens is 302 g/mol. The third-order valence-corrected chi connectivity index (χ3v) is 3.50. The highest BCUT2D eigenvalue weighted by atomic mass is 16.3. The van der Waals surface area contributed by atoms with Crippen LogP contribution >= 0.6 is 0 Å². The number of carbonyl (C=O) groups is 1. The van der Waals surface area contributed by atoms with Crippen molar-refractivity contribution in [3.05, 3.63) is 65.8 Å². The first-order valence-corrected chi connectivity index (χ1v) is 7.68. The zero-order valence-electron chi connectivity index (χ0n) is 14.1. The van der Waals surface area contributed by atoms with E-state index in [1.165, 1.54) is 18.0 Å². The van der Waals surface area contributed by atoms with Gasteiger partial charge in [0.25, 0.3) is 5.91 Å². The third kappa shape index (κ3) is 4.75. The van der Waals surface area contributed by atoms with Crippen molar-refractivity contribution in [1.29, 1.82) is 5.26 Å². The van der Waals surface area contributed by atoms with Gasteiger partial charge in [-0.3, -0.25) is 4.79 Å². The van der Waals surface area contributed by atoms with E-state index in [1.54, 1.807) is 12.1 Å². The SMILES string of the molecule is CC(C)(C)c1ccc(N/C=C(/C#N)C(=O)NCc2ccco2)cc1. The molecule has 5 nitrogen and oxygen atoms in total. The molecule has 2 aromatic rings. The molecule has 0 aliphatic heterocycles. The minimum Gasteiger partial charge on any atom is -0.467 e. The number of benzene rings is 1. The van der Waals surface area contributed by atoms with Crippen LogP contribution in [0.5, 0.6) is 0 Å². The zero-order valence-corrected chi connectivity index (χ0v) is 14.1. The molecule has 24 heavy (non-hydrogen) atoms. The Balaban J connectivity index is 1.97. The van der Waals surface area contributed by atoms with Crippen LogP contribution in [0.2, 0.25) is 0 Å². The van der Waals surface area contributed by atoms with Gasteiger partial charge in [0.15, 0.2) is 0 Å². The van der Waals surface area contributed by atoms with E-state index in [4.69, 9.17) is 9.68 Å². The van der Waals surface area contributed by atoms with Gasteiger partial charge in [0.2, 0.25) is 0 Å². The lowest BCUT2D eigenvalue weighted by Crippen LogP contribution is -2.24. The summed E-state index contributed by atoms with van der Waals surface area (Å²) < 4.78 is 5.13. The molecule has 5 heteroatoms. The van der Waals surface area contributed by atoms with E-state index in [-0.39, 0.29) is 17.5 Å². The molecule has 0 radical (unpaired) electrons. The first-order chi connectivity index (χ1) is 11.4. The Bertz CT molecular complexity index is 745. The predicted molar refractivity (Wildman–Crippen MR) is 93.0 cm³/mol. The predicted octanol–water partition coefficient (Wildman–Crippen LogP) is 3.71. The lowest BCUT2D eigenvalue weighted by Gasteiger charge is -2.19. The molecular formula is C19H21N3O2. The van der Waals surface area contributed by atoms with Gasteiger partial charge >= 0.3 is 0 Å². The summed E-state index contributed by atoms with van der Waals surface area (Å²) in [5.41, 5.74) is 2.11. The molecule has 0 saturated heterocycles. The standard InChI is InChI=1S/C19H21N3O2/c1-19(2,3)15-6-8-16(9-7-15)21-12-14(11-20)18(23)22-13-17-5-4-10-24-17/h4-10,12,21H,13H2,1-3H3,(H,22,23)/b14-12-. The van der Waals surface area contributed by atoms with E-state index < -0.39 is 5.91 Å². The number of furan rings is 1. The van der Waals surface area contributed by atoms with E-state index in [0.29, 0.717) is 5.76 Å². The number of nitriles is 1. The van der Waals surface area contributed by atoms with Crippen LogP contribution in [-0.4, -0.2) is 5.91 Å². The van der Waals surface area contributed by atoms with Gasteiger partial charge in [-0.1, -0.05) is 32.9 Å². The highest BCUT2D eigenvalue weighted by Gasteiger charge is 2.13. The van der Waals surface area contributed by atoms with E-state index in [2.05, 4.69) is 31.4 Å². The summed E-state index contributed by atoms with van der Waals surface area (Å²) in [4.78, 5) is 12.0. The molecule has 0 aliphatic rings. The number of amides is 1. The fraction of sp³-hybridized carbons (Fsp3) is 0.263. The molecule has 0 spiro atoms. The molecule has 0 atom stereocenters. The minimum absolute atomic E-state index is 0.00135. The number of carbonyl (C=O) groups excluding carboxylic acids is 1. The van der Waals surface area contributed by atoms with Crippen molar-refractivity contribution in [1.82, 2.24) is 5.32 Å². The van der Waals surface area contributed by atoms with Crippen LogP contribution in [-0.2, 0) is 16.8 Å². The van der Waals surface area contributed by atoms with Crippen molar-refractivity contribution >= 4 is 11.6 Å². The monoisotopic (exact) mass is 323 g/mol. The summed E-state index contributed by atoms with van der Waals surface area (Å²) in [6, 6.07) is 13.3. The third-order valence-electron chi connectivity index (χ3n) is 3.50. The maximum absolute atomic E-state index is 12.0. The molecule has 0 saturated carbocycles. The molecule has 124 valence electrons. The van der Waals surface area contributed by atoms with Crippen LogP contribution in [0.1, 0.15) is 32.1 Å². The number of nitrogens with one attached hydrogen (secondary N) is 2. The topological polar surface area (TPSA) is 78.1 Å². The summed E-state index contributed by atoms with van der Waals surface area (Å²) in [6.07, 6.45) is 2.94. The molecule has 1 aromatic carbocycles. The molecule has 1 amide bonds. The van der Waals surface area contributed by atoms with Crippen molar-refractivity contribution in [2.24, 2.45) is 0 Å². The average Bonchev–Trinajstić information content (AvgIpc) is 3.06. The minimum atomic E-state index is -0.451. The average molecular weight is 323 g/mol. The van der Waals surface area contributed by atoms with Crippen LogP contribution in [0.25, 0.3) is 0 Å². The molecule has 0 aliphatic carbocycles. The fourth-order valence-electron chi connectivity index (χ4n) is 2.05. The summed E-state index contributed by atoms with van der Waals surface area (Å²) >= 11 is 0. The van der Waals surface area contributed by atoms with Crippen LogP contribution in [0, 0.1) is 11.3 Å². The molecule has 0 fully saturated rings. The second kappa shape index (κ2) is 7.51. The van der Waals surface area contributed by atoms with Gasteiger partial charge in [-0.05, 0) is 35.2 Å². The second-order valence-corrected chi connectivity index (χ2v) is 6.40. The van der Waals surface area contributed by atoms with Gasteiger partial charge in [-0.15, -0.1) is 0 Å². The van der Waals surface area contributed by atoms with Crippen LogP contribution < -0.4 is 10.6 Å². The smallest absolute Gasteiger partial charge is 0.263 e. The Labute approximate surface area is 142 Å². The molecule has 0 bridgehead atoms. The normalized spacial score (nSPS) is 11.7. The van der Waals surface area contributed by atoms with Gasteiger partial charge in [0, 0.05) is 11.9 Å². The number of nitrogens with zero attached hydrogens (tertiary/aromatic N) is 1. The maximum atomic E-state index is 12.0. The molecule has 1 aromatic heterocycles. The van der Waals surface area contributed by atoms with Crippen molar-refractivity contribution in [2.75, 3.05) is 5.32 Å². The summed E-state index contributed by atoms with van der Waals surface area (Å²) in [5.74, 6) is 0.180. The Morgan fingerprint density at radius 2 is 1.96 bits per heavy atom. The Kier molecular flexibility index (Phi) is 5.43. The second-order valence-electron chi connectivity index (χ2n) is 6.40. The van der Waals surface area contributed by atoms with Crippen molar-refractivity contribution in [3.63, 3.8) is 0 Å². The van der Waals surface area contributed by atoms with E-state index in [0.717, 1.165) is 5.69 Å². The highest BCUT2D eigenvalue weighted by Crippen LogP contribution is 2.23. The lowest BCUT2D eigenvalue weighted by atomic mass is 9.87. The quantitative estimate of drug-likeness (QED) is 0.649. The molecule has 0 unspecified atom stereocenters. The first-order valence-electron chi connectivity index (χ1n) is 7.68. The van der Waals surface area contributed by atoms with E-state index in [1.807, 2.05) is 30.3 Å². The molecule has 1 heterocycles. The fourth-order valence-corrected chi connectivity index (χ4v) is 2.05. The Morgan fingerprint density at radius 3 is 2.50 bits per heavy atom. The largest absolute Gasteiger partial charge is 0.467 e. The number of hydrogen-bond donors (Lipinski definition) is 2. The van der Waals surface area contributed by atoms with Crippen LogP contribution in [0.4, 0.5) is 5.69 Å². The Morgan fingerprint density at radius 1 is 1.25 bits per heavy atom. The molecule has 2 rings (SSSR count). The first kappa shape index (κ1) is 17.4. The Hall–Kier alpha value is -3.00. The number of rotatable bonds is 5. The lowest BCUT2D eigenvalue weighted by molar-refractivity contribution is -0.117. The van der Waals surface area contributed by atoms with E-state index >= 15 is 0 Å². The van der Waals surface area contributed by atoms with Gasteiger partial charge in [0.05, 0.1) is 12.8 Å². The van der Waals surface area contributed by atoms with E-state index in [9.17, 15) is 4.79 Å². The van der Waals surface area contributed by atoms with Crippen LogP contribution in [0.15, 0.2) is 58.9 Å². The van der Waals surface area contributed by atoms with Crippen molar-refractivity contribution < 1.29 is 9.21 Å². The van der Waals surface area contributed by atoms with Gasteiger partial charge < -0.3 is 15.1 Å².